The zero-order valence-corrected chi connectivity index (χ0v) is 15.8. The van der Waals surface area contributed by atoms with Crippen molar-refractivity contribution in [2.24, 2.45) is 0 Å². The van der Waals surface area contributed by atoms with Gasteiger partial charge in [-0.15, -0.1) is 0 Å². The molecule has 2 aliphatic rings. The van der Waals surface area contributed by atoms with Crippen LogP contribution in [-0.2, 0) is 0 Å². The maximum absolute atomic E-state index is 12.7. The number of para-hydroxylation sites is 2. The highest BCUT2D eigenvalue weighted by Gasteiger charge is 2.25. The van der Waals surface area contributed by atoms with E-state index in [9.17, 15) is 4.79 Å². The van der Waals surface area contributed by atoms with E-state index in [1.165, 1.54) is 0 Å². The summed E-state index contributed by atoms with van der Waals surface area (Å²) in [4.78, 5) is 14.4. The third-order valence-electron chi connectivity index (χ3n) is 4.66. The fourth-order valence-corrected chi connectivity index (χ4v) is 3.20. The first kappa shape index (κ1) is 18.3. The zero-order valence-electron chi connectivity index (χ0n) is 15.8. The lowest BCUT2D eigenvalue weighted by Crippen LogP contribution is -2.45. The summed E-state index contributed by atoms with van der Waals surface area (Å²) in [6.07, 6.45) is 0.622. The Balaban J connectivity index is 1.39. The lowest BCUT2D eigenvalue weighted by molar-refractivity contribution is 0.0693. The number of carbonyl (C=O) groups is 1. The van der Waals surface area contributed by atoms with Crippen LogP contribution in [0.2, 0.25) is 0 Å². The molecule has 2 aromatic rings. The van der Waals surface area contributed by atoms with E-state index in [4.69, 9.17) is 18.9 Å². The van der Waals surface area contributed by atoms with E-state index in [1.54, 1.807) is 11.0 Å². The van der Waals surface area contributed by atoms with Gasteiger partial charge in [0.25, 0.3) is 0 Å². The standard InChI is InChI=1S/C21H24N2O5/c1-2-23(13-16-14-27-17-6-3-4-7-19(17)28-16)21(24)22-15-8-9-18-20(12-15)26-11-5-10-25-18/h3-4,6-9,12,16H,2,5,10-11,13-14H2,1H3,(H,22,24)/t16-/m0/s1. The summed E-state index contributed by atoms with van der Waals surface area (Å²) in [7, 11) is 0. The van der Waals surface area contributed by atoms with Crippen molar-refractivity contribution in [1.29, 1.82) is 0 Å². The Morgan fingerprint density at radius 2 is 1.79 bits per heavy atom. The summed E-state index contributed by atoms with van der Waals surface area (Å²) in [5, 5.41) is 2.93. The number of nitrogens with one attached hydrogen (secondary N) is 1. The monoisotopic (exact) mass is 384 g/mol. The first-order valence-corrected chi connectivity index (χ1v) is 9.57. The van der Waals surface area contributed by atoms with Gasteiger partial charge >= 0.3 is 6.03 Å². The highest BCUT2D eigenvalue weighted by molar-refractivity contribution is 5.89. The molecule has 7 nitrogen and oxygen atoms in total. The van der Waals surface area contributed by atoms with Crippen LogP contribution in [-0.4, -0.2) is 49.9 Å². The fourth-order valence-electron chi connectivity index (χ4n) is 3.20. The van der Waals surface area contributed by atoms with Gasteiger partial charge in [-0.25, -0.2) is 4.79 Å². The average Bonchev–Trinajstić information content (AvgIpc) is 2.96. The lowest BCUT2D eigenvalue weighted by Gasteiger charge is -2.31. The maximum atomic E-state index is 12.7. The second kappa shape index (κ2) is 8.29. The van der Waals surface area contributed by atoms with Crippen LogP contribution < -0.4 is 24.3 Å². The van der Waals surface area contributed by atoms with Crippen molar-refractivity contribution in [3.63, 3.8) is 0 Å². The van der Waals surface area contributed by atoms with Gasteiger partial charge in [0.05, 0.1) is 19.8 Å². The Labute approximate surface area is 164 Å². The minimum atomic E-state index is -0.218. The number of benzene rings is 2. The van der Waals surface area contributed by atoms with E-state index < -0.39 is 0 Å². The molecule has 1 atom stereocenters. The molecule has 2 heterocycles. The Morgan fingerprint density at radius 3 is 2.61 bits per heavy atom. The highest BCUT2D eigenvalue weighted by Crippen LogP contribution is 2.33. The van der Waals surface area contributed by atoms with Gasteiger partial charge in [-0.2, -0.15) is 0 Å². The van der Waals surface area contributed by atoms with E-state index in [1.807, 2.05) is 43.3 Å². The normalized spacial score (nSPS) is 17.4. The van der Waals surface area contributed by atoms with Crippen LogP contribution in [0.4, 0.5) is 10.5 Å². The molecular formula is C21H24N2O5. The number of anilines is 1. The quantitative estimate of drug-likeness (QED) is 0.873. The van der Waals surface area contributed by atoms with Gasteiger partial charge in [0, 0.05) is 24.7 Å². The molecule has 2 aromatic carbocycles. The number of likely N-dealkylation sites (N-methyl/N-ethyl adjacent to an activating group) is 1. The van der Waals surface area contributed by atoms with E-state index in [-0.39, 0.29) is 12.1 Å². The molecule has 0 aliphatic carbocycles. The predicted octanol–water partition coefficient (Wildman–Crippen LogP) is 3.54. The summed E-state index contributed by atoms with van der Waals surface area (Å²) in [6.45, 7) is 4.57. The molecule has 1 N–H and O–H groups in total. The smallest absolute Gasteiger partial charge is 0.321 e. The molecule has 4 rings (SSSR count). The van der Waals surface area contributed by atoms with E-state index >= 15 is 0 Å². The van der Waals surface area contributed by atoms with Crippen molar-refractivity contribution in [2.45, 2.75) is 19.4 Å². The molecule has 148 valence electrons. The molecule has 0 radical (unpaired) electrons. The first-order chi connectivity index (χ1) is 13.7. The van der Waals surface area contributed by atoms with Crippen molar-refractivity contribution < 1.29 is 23.7 Å². The van der Waals surface area contributed by atoms with E-state index in [0.717, 1.165) is 12.2 Å². The predicted molar refractivity (Wildman–Crippen MR) is 105 cm³/mol. The van der Waals surface area contributed by atoms with Crippen LogP contribution in [0.5, 0.6) is 23.0 Å². The number of urea groups is 1. The Hall–Kier alpha value is -3.09. The third kappa shape index (κ3) is 4.08. The fraction of sp³-hybridized carbons (Fsp3) is 0.381. The number of fused-ring (bicyclic) bond motifs is 2. The van der Waals surface area contributed by atoms with Gasteiger partial charge in [-0.3, -0.25) is 0 Å². The van der Waals surface area contributed by atoms with Crippen molar-refractivity contribution in [3.8, 4) is 23.0 Å². The molecule has 0 aromatic heterocycles. The van der Waals surface area contributed by atoms with Gasteiger partial charge in [0.15, 0.2) is 29.1 Å². The number of rotatable bonds is 4. The van der Waals surface area contributed by atoms with Crippen molar-refractivity contribution in [3.05, 3.63) is 42.5 Å². The number of nitrogens with zero attached hydrogens (tertiary/aromatic N) is 1. The largest absolute Gasteiger partial charge is 0.490 e. The van der Waals surface area contributed by atoms with E-state index in [2.05, 4.69) is 5.32 Å². The number of amides is 2. The molecule has 0 fully saturated rings. The second-order valence-electron chi connectivity index (χ2n) is 6.68. The van der Waals surface area contributed by atoms with Crippen molar-refractivity contribution in [1.82, 2.24) is 4.90 Å². The lowest BCUT2D eigenvalue weighted by atomic mass is 10.2. The highest BCUT2D eigenvalue weighted by atomic mass is 16.6. The SMILES string of the molecule is CCN(C[C@H]1COc2ccccc2O1)C(=O)Nc1ccc2c(c1)OCCCO2. The third-order valence-corrected chi connectivity index (χ3v) is 4.66. The summed E-state index contributed by atoms with van der Waals surface area (Å²) in [5.74, 6) is 2.80. The van der Waals surface area contributed by atoms with Crippen LogP contribution in [0.3, 0.4) is 0 Å². The van der Waals surface area contributed by atoms with Crippen LogP contribution >= 0.6 is 0 Å². The first-order valence-electron chi connectivity index (χ1n) is 9.57. The molecule has 2 amide bonds. The molecule has 0 spiro atoms. The van der Waals surface area contributed by atoms with Gasteiger partial charge in [-0.05, 0) is 31.2 Å². The van der Waals surface area contributed by atoms with Gasteiger partial charge in [-0.1, -0.05) is 12.1 Å². The van der Waals surface area contributed by atoms with Gasteiger partial charge in [0.2, 0.25) is 0 Å². The molecule has 7 heteroatoms. The topological polar surface area (TPSA) is 69.3 Å². The maximum Gasteiger partial charge on any atom is 0.321 e. The molecule has 0 saturated heterocycles. The second-order valence-corrected chi connectivity index (χ2v) is 6.68. The molecule has 2 aliphatic heterocycles. The molecule has 0 bridgehead atoms. The van der Waals surface area contributed by atoms with Gasteiger partial charge in [0.1, 0.15) is 6.61 Å². The molecule has 0 unspecified atom stereocenters. The van der Waals surface area contributed by atoms with Gasteiger partial charge < -0.3 is 29.2 Å². The summed E-state index contributed by atoms with van der Waals surface area (Å²) >= 11 is 0. The minimum Gasteiger partial charge on any atom is -0.490 e. The average molecular weight is 384 g/mol. The number of ether oxygens (including phenoxy) is 4. The summed E-state index contributed by atoms with van der Waals surface area (Å²) in [6, 6.07) is 12.8. The van der Waals surface area contributed by atoms with Crippen molar-refractivity contribution in [2.75, 3.05) is 38.2 Å². The molecule has 28 heavy (non-hydrogen) atoms. The van der Waals surface area contributed by atoms with Crippen LogP contribution in [0.15, 0.2) is 42.5 Å². The Morgan fingerprint density at radius 1 is 1.04 bits per heavy atom. The zero-order chi connectivity index (χ0) is 19.3. The number of carbonyl (C=O) groups excluding carboxylic acids is 1. The Kier molecular flexibility index (Phi) is 5.41. The Bertz CT molecular complexity index is 841. The number of hydrogen-bond acceptors (Lipinski definition) is 5. The minimum absolute atomic E-state index is 0.195. The van der Waals surface area contributed by atoms with Crippen LogP contribution in [0.25, 0.3) is 0 Å². The van der Waals surface area contributed by atoms with Crippen LogP contribution in [0, 0.1) is 0 Å². The molecular weight excluding hydrogens is 360 g/mol. The summed E-state index contributed by atoms with van der Waals surface area (Å²) in [5.41, 5.74) is 0.666. The van der Waals surface area contributed by atoms with Crippen molar-refractivity contribution >= 4 is 11.7 Å². The number of hydrogen-bond donors (Lipinski definition) is 1. The molecule has 0 saturated carbocycles. The van der Waals surface area contributed by atoms with Crippen LogP contribution in [0.1, 0.15) is 13.3 Å². The summed E-state index contributed by atoms with van der Waals surface area (Å²) < 4.78 is 23.0. The van der Waals surface area contributed by atoms with E-state index in [0.29, 0.717) is 55.8 Å².